The van der Waals surface area contributed by atoms with Crippen LogP contribution in [0.4, 0.5) is 0 Å². The van der Waals surface area contributed by atoms with Gasteiger partial charge in [-0.1, -0.05) is 32.9 Å². The summed E-state index contributed by atoms with van der Waals surface area (Å²) in [6.45, 7) is 11.5. The van der Waals surface area contributed by atoms with E-state index in [0.717, 1.165) is 11.3 Å². The van der Waals surface area contributed by atoms with Gasteiger partial charge in [-0.15, -0.1) is 0 Å². The van der Waals surface area contributed by atoms with E-state index in [9.17, 15) is 9.59 Å². The summed E-state index contributed by atoms with van der Waals surface area (Å²) in [6, 6.07) is 7.02. The van der Waals surface area contributed by atoms with Crippen LogP contribution in [0.25, 0.3) is 0 Å². The Morgan fingerprint density at radius 1 is 1.09 bits per heavy atom. The molecule has 128 valence electrons. The van der Waals surface area contributed by atoms with E-state index >= 15 is 0 Å². The Labute approximate surface area is 138 Å². The SMILES string of the molecule is CC(C)Oc1ccc(CNC(=O)C(C)NC(=O)C(C)(C)C)cc1. The molecular formula is C18H28N2O3. The fourth-order valence-electron chi connectivity index (χ4n) is 1.78. The highest BCUT2D eigenvalue weighted by Gasteiger charge is 2.24. The van der Waals surface area contributed by atoms with Crippen molar-refractivity contribution in [1.29, 1.82) is 0 Å². The molecule has 0 bridgehead atoms. The van der Waals surface area contributed by atoms with Crippen molar-refractivity contribution >= 4 is 11.8 Å². The first-order valence-electron chi connectivity index (χ1n) is 7.94. The van der Waals surface area contributed by atoms with Crippen LogP contribution in [0.2, 0.25) is 0 Å². The van der Waals surface area contributed by atoms with Crippen LogP contribution in [0, 0.1) is 5.41 Å². The Morgan fingerprint density at radius 2 is 1.65 bits per heavy atom. The molecule has 0 fully saturated rings. The summed E-state index contributed by atoms with van der Waals surface area (Å²) in [5, 5.41) is 5.54. The van der Waals surface area contributed by atoms with E-state index in [1.807, 2.05) is 58.9 Å². The summed E-state index contributed by atoms with van der Waals surface area (Å²) < 4.78 is 5.57. The summed E-state index contributed by atoms with van der Waals surface area (Å²) in [5.74, 6) is 0.460. The van der Waals surface area contributed by atoms with Crippen LogP contribution in [0.5, 0.6) is 5.75 Å². The average molecular weight is 320 g/mol. The smallest absolute Gasteiger partial charge is 0.242 e. The van der Waals surface area contributed by atoms with Gasteiger partial charge in [0.15, 0.2) is 0 Å². The van der Waals surface area contributed by atoms with Crippen molar-refractivity contribution in [3.63, 3.8) is 0 Å². The van der Waals surface area contributed by atoms with Crippen molar-refractivity contribution < 1.29 is 14.3 Å². The molecule has 5 nitrogen and oxygen atoms in total. The van der Waals surface area contributed by atoms with E-state index in [1.165, 1.54) is 0 Å². The predicted octanol–water partition coefficient (Wildman–Crippen LogP) is 2.64. The van der Waals surface area contributed by atoms with Gasteiger partial charge in [0.25, 0.3) is 0 Å². The zero-order chi connectivity index (χ0) is 17.6. The number of carbonyl (C=O) groups is 2. The second kappa shape index (κ2) is 7.99. The zero-order valence-corrected chi connectivity index (χ0v) is 14.9. The minimum atomic E-state index is -0.565. The second-order valence-corrected chi connectivity index (χ2v) is 6.97. The van der Waals surface area contributed by atoms with E-state index in [-0.39, 0.29) is 17.9 Å². The zero-order valence-electron chi connectivity index (χ0n) is 14.9. The van der Waals surface area contributed by atoms with E-state index < -0.39 is 11.5 Å². The summed E-state index contributed by atoms with van der Waals surface area (Å²) in [4.78, 5) is 23.9. The van der Waals surface area contributed by atoms with E-state index in [4.69, 9.17) is 4.74 Å². The lowest BCUT2D eigenvalue weighted by Gasteiger charge is -2.21. The third-order valence-corrected chi connectivity index (χ3v) is 3.18. The standard InChI is InChI=1S/C18H28N2O3/c1-12(2)23-15-9-7-14(8-10-15)11-19-16(21)13(3)20-17(22)18(4,5)6/h7-10,12-13H,11H2,1-6H3,(H,19,21)(H,20,22). The molecule has 0 heterocycles. The number of benzene rings is 1. The fourth-order valence-corrected chi connectivity index (χ4v) is 1.78. The summed E-state index contributed by atoms with van der Waals surface area (Å²) in [5.41, 5.74) is 0.463. The monoisotopic (exact) mass is 320 g/mol. The molecule has 2 N–H and O–H groups in total. The van der Waals surface area contributed by atoms with Crippen LogP contribution >= 0.6 is 0 Å². The number of hydrogen-bond acceptors (Lipinski definition) is 3. The van der Waals surface area contributed by atoms with Crippen LogP contribution in [-0.4, -0.2) is 24.0 Å². The third kappa shape index (κ3) is 6.72. The molecule has 0 aliphatic carbocycles. The molecule has 1 unspecified atom stereocenters. The van der Waals surface area contributed by atoms with Crippen LogP contribution in [0.3, 0.4) is 0 Å². The molecule has 1 aromatic rings. The highest BCUT2D eigenvalue weighted by molar-refractivity contribution is 5.89. The highest BCUT2D eigenvalue weighted by Crippen LogP contribution is 2.14. The molecule has 5 heteroatoms. The van der Waals surface area contributed by atoms with Gasteiger partial charge in [0, 0.05) is 12.0 Å². The first-order chi connectivity index (χ1) is 10.6. The number of carbonyl (C=O) groups excluding carboxylic acids is 2. The quantitative estimate of drug-likeness (QED) is 0.847. The van der Waals surface area contributed by atoms with Gasteiger partial charge < -0.3 is 15.4 Å². The lowest BCUT2D eigenvalue weighted by Crippen LogP contribution is -2.48. The minimum Gasteiger partial charge on any atom is -0.491 e. The second-order valence-electron chi connectivity index (χ2n) is 6.97. The lowest BCUT2D eigenvalue weighted by atomic mass is 9.95. The first kappa shape index (κ1) is 19.0. The third-order valence-electron chi connectivity index (χ3n) is 3.18. The van der Waals surface area contributed by atoms with Gasteiger partial charge in [-0.05, 0) is 38.5 Å². The first-order valence-corrected chi connectivity index (χ1v) is 7.94. The molecule has 0 spiro atoms. The van der Waals surface area contributed by atoms with Gasteiger partial charge in [-0.3, -0.25) is 9.59 Å². The topological polar surface area (TPSA) is 67.4 Å². The Kier molecular flexibility index (Phi) is 6.61. The van der Waals surface area contributed by atoms with Gasteiger partial charge in [0.1, 0.15) is 11.8 Å². The van der Waals surface area contributed by atoms with Gasteiger partial charge in [0.2, 0.25) is 11.8 Å². The Morgan fingerprint density at radius 3 is 2.13 bits per heavy atom. The Bertz CT molecular complexity index is 530. The van der Waals surface area contributed by atoms with Gasteiger partial charge >= 0.3 is 0 Å². The number of hydrogen-bond donors (Lipinski definition) is 2. The maximum atomic E-state index is 12.0. The molecule has 0 aliphatic heterocycles. The molecule has 1 aromatic carbocycles. The molecule has 0 aromatic heterocycles. The van der Waals surface area contributed by atoms with Crippen molar-refractivity contribution in [1.82, 2.24) is 10.6 Å². The van der Waals surface area contributed by atoms with Crippen LogP contribution in [0.1, 0.15) is 47.1 Å². The summed E-state index contributed by atoms with van der Waals surface area (Å²) in [6.07, 6.45) is 0.132. The van der Waals surface area contributed by atoms with Gasteiger partial charge in [0.05, 0.1) is 6.10 Å². The molecule has 0 aliphatic rings. The van der Waals surface area contributed by atoms with Gasteiger partial charge in [-0.2, -0.15) is 0 Å². The fraction of sp³-hybridized carbons (Fsp3) is 0.556. The number of rotatable bonds is 6. The number of amides is 2. The van der Waals surface area contributed by atoms with E-state index in [2.05, 4.69) is 10.6 Å². The van der Waals surface area contributed by atoms with Crippen molar-refractivity contribution in [3.05, 3.63) is 29.8 Å². The Hall–Kier alpha value is -2.04. The highest BCUT2D eigenvalue weighted by atomic mass is 16.5. The maximum absolute atomic E-state index is 12.0. The molecular weight excluding hydrogens is 292 g/mol. The molecule has 1 atom stereocenters. The molecule has 2 amide bonds. The number of ether oxygens (including phenoxy) is 1. The van der Waals surface area contributed by atoms with E-state index in [1.54, 1.807) is 6.92 Å². The molecule has 23 heavy (non-hydrogen) atoms. The van der Waals surface area contributed by atoms with Crippen molar-refractivity contribution in [2.75, 3.05) is 0 Å². The normalized spacial score (nSPS) is 12.7. The molecule has 0 saturated carbocycles. The summed E-state index contributed by atoms with van der Waals surface area (Å²) >= 11 is 0. The largest absolute Gasteiger partial charge is 0.491 e. The molecule has 0 radical (unpaired) electrons. The van der Waals surface area contributed by atoms with Gasteiger partial charge in [-0.25, -0.2) is 0 Å². The lowest BCUT2D eigenvalue weighted by molar-refractivity contribution is -0.133. The van der Waals surface area contributed by atoms with Crippen molar-refractivity contribution in [2.24, 2.45) is 5.41 Å². The van der Waals surface area contributed by atoms with E-state index in [0.29, 0.717) is 6.54 Å². The number of nitrogens with one attached hydrogen (secondary N) is 2. The molecule has 1 rings (SSSR count). The van der Waals surface area contributed by atoms with Crippen LogP contribution in [0.15, 0.2) is 24.3 Å². The van der Waals surface area contributed by atoms with Crippen molar-refractivity contribution in [3.8, 4) is 5.75 Å². The Balaban J connectivity index is 2.48. The molecule has 0 saturated heterocycles. The minimum absolute atomic E-state index is 0.132. The predicted molar refractivity (Wildman–Crippen MR) is 91.1 cm³/mol. The average Bonchev–Trinajstić information content (AvgIpc) is 2.44. The van der Waals surface area contributed by atoms with Crippen LogP contribution in [-0.2, 0) is 16.1 Å². The summed E-state index contributed by atoms with van der Waals surface area (Å²) in [7, 11) is 0. The van der Waals surface area contributed by atoms with Crippen molar-refractivity contribution in [2.45, 2.75) is 60.2 Å². The van der Waals surface area contributed by atoms with Crippen LogP contribution < -0.4 is 15.4 Å². The maximum Gasteiger partial charge on any atom is 0.242 e.